The van der Waals surface area contributed by atoms with E-state index in [1.165, 1.54) is 17.7 Å². The van der Waals surface area contributed by atoms with Crippen molar-refractivity contribution in [2.45, 2.75) is 11.8 Å². The molecule has 0 saturated carbocycles. The van der Waals surface area contributed by atoms with Gasteiger partial charge in [0.2, 0.25) is 0 Å². The van der Waals surface area contributed by atoms with Crippen LogP contribution in [0.2, 0.25) is 5.02 Å². The maximum Gasteiger partial charge on any atom is 0.123 e. The molecule has 0 saturated heterocycles. The van der Waals surface area contributed by atoms with E-state index in [2.05, 4.69) is 0 Å². The molecule has 2 aromatic rings. The van der Waals surface area contributed by atoms with Crippen molar-refractivity contribution in [3.05, 3.63) is 70.5 Å². The van der Waals surface area contributed by atoms with E-state index in [9.17, 15) is 4.39 Å². The summed E-state index contributed by atoms with van der Waals surface area (Å²) in [7, 11) is 0. The second kappa shape index (κ2) is 6.94. The van der Waals surface area contributed by atoms with Gasteiger partial charge < -0.3 is 5.73 Å². The third kappa shape index (κ3) is 4.53. The van der Waals surface area contributed by atoms with Gasteiger partial charge in [-0.05, 0) is 35.4 Å². The summed E-state index contributed by atoms with van der Waals surface area (Å²) < 4.78 is 12.8. The number of thioether (sulfide) groups is 1. The molecule has 0 aliphatic heterocycles. The van der Waals surface area contributed by atoms with Crippen LogP contribution < -0.4 is 5.73 Å². The van der Waals surface area contributed by atoms with Gasteiger partial charge in [-0.15, -0.1) is 0 Å². The quantitative estimate of drug-likeness (QED) is 0.884. The summed E-state index contributed by atoms with van der Waals surface area (Å²) in [5, 5.41) is 0.747. The number of nitrogens with two attached hydrogens (primary N) is 1. The molecule has 1 unspecified atom stereocenters. The van der Waals surface area contributed by atoms with Gasteiger partial charge in [0.1, 0.15) is 5.82 Å². The monoisotopic (exact) mass is 295 g/mol. The molecular formula is C15H15ClFNS. The molecule has 1 atom stereocenters. The molecule has 1 nitrogen and oxygen atoms in total. The molecule has 2 aromatic carbocycles. The number of halogens is 2. The van der Waals surface area contributed by atoms with E-state index < -0.39 is 0 Å². The molecule has 4 heteroatoms. The fourth-order valence-corrected chi connectivity index (χ4v) is 2.81. The SMILES string of the molecule is NC(CSCc1ccc(Cl)cc1)c1ccc(F)cc1. The zero-order valence-electron chi connectivity index (χ0n) is 10.4. The second-order valence-electron chi connectivity index (χ2n) is 4.30. The van der Waals surface area contributed by atoms with E-state index in [4.69, 9.17) is 17.3 Å². The highest BCUT2D eigenvalue weighted by atomic mass is 35.5. The largest absolute Gasteiger partial charge is 0.323 e. The van der Waals surface area contributed by atoms with E-state index in [1.807, 2.05) is 24.3 Å². The highest BCUT2D eigenvalue weighted by Gasteiger charge is 2.06. The lowest BCUT2D eigenvalue weighted by atomic mass is 10.1. The second-order valence-corrected chi connectivity index (χ2v) is 5.77. The summed E-state index contributed by atoms with van der Waals surface area (Å²) in [6.07, 6.45) is 0. The van der Waals surface area contributed by atoms with Crippen molar-refractivity contribution in [3.63, 3.8) is 0 Å². The minimum Gasteiger partial charge on any atom is -0.323 e. The Morgan fingerprint density at radius 3 is 2.32 bits per heavy atom. The van der Waals surface area contributed by atoms with Gasteiger partial charge in [-0.3, -0.25) is 0 Å². The van der Waals surface area contributed by atoms with Crippen LogP contribution in [0.3, 0.4) is 0 Å². The first-order chi connectivity index (χ1) is 9.15. The zero-order valence-corrected chi connectivity index (χ0v) is 11.9. The van der Waals surface area contributed by atoms with Crippen LogP contribution in [0, 0.1) is 5.82 Å². The highest BCUT2D eigenvalue weighted by molar-refractivity contribution is 7.98. The van der Waals surface area contributed by atoms with Crippen LogP contribution in [0.15, 0.2) is 48.5 Å². The van der Waals surface area contributed by atoms with Gasteiger partial charge in [0.15, 0.2) is 0 Å². The molecule has 0 aliphatic carbocycles. The molecule has 19 heavy (non-hydrogen) atoms. The van der Waals surface area contributed by atoms with Crippen molar-refractivity contribution in [2.75, 3.05) is 5.75 Å². The molecule has 0 aliphatic rings. The van der Waals surface area contributed by atoms with Crippen molar-refractivity contribution in [3.8, 4) is 0 Å². The van der Waals surface area contributed by atoms with Crippen molar-refractivity contribution in [1.82, 2.24) is 0 Å². The van der Waals surface area contributed by atoms with Gasteiger partial charge in [0.05, 0.1) is 0 Å². The summed E-state index contributed by atoms with van der Waals surface area (Å²) >= 11 is 7.59. The van der Waals surface area contributed by atoms with Crippen molar-refractivity contribution in [1.29, 1.82) is 0 Å². The Labute approximate surface area is 122 Å². The van der Waals surface area contributed by atoms with E-state index >= 15 is 0 Å². The van der Waals surface area contributed by atoms with Gasteiger partial charge in [-0.1, -0.05) is 35.9 Å². The minimum absolute atomic E-state index is 0.0714. The number of benzene rings is 2. The Kier molecular flexibility index (Phi) is 5.25. The van der Waals surface area contributed by atoms with Crippen LogP contribution in [0.4, 0.5) is 4.39 Å². The molecule has 0 spiro atoms. The Balaban J connectivity index is 1.82. The lowest BCUT2D eigenvalue weighted by Crippen LogP contribution is -2.13. The molecule has 0 amide bonds. The first kappa shape index (κ1) is 14.4. The van der Waals surface area contributed by atoms with Gasteiger partial charge in [-0.25, -0.2) is 4.39 Å². The molecule has 2 rings (SSSR count). The van der Waals surface area contributed by atoms with Crippen LogP contribution in [0.25, 0.3) is 0 Å². The first-order valence-corrected chi connectivity index (χ1v) is 7.51. The Hall–Kier alpha value is -1.03. The molecule has 0 heterocycles. The summed E-state index contributed by atoms with van der Waals surface area (Å²) in [5.74, 6) is 1.46. The summed E-state index contributed by atoms with van der Waals surface area (Å²) in [6.45, 7) is 0. The van der Waals surface area contributed by atoms with Gasteiger partial charge in [0, 0.05) is 22.6 Å². The summed E-state index contributed by atoms with van der Waals surface area (Å²) in [5.41, 5.74) is 8.25. The molecule has 0 radical (unpaired) electrons. The maximum atomic E-state index is 12.8. The van der Waals surface area contributed by atoms with E-state index in [0.717, 1.165) is 22.1 Å². The number of rotatable bonds is 5. The lowest BCUT2D eigenvalue weighted by Gasteiger charge is -2.11. The smallest absolute Gasteiger partial charge is 0.123 e. The fourth-order valence-electron chi connectivity index (χ4n) is 1.69. The van der Waals surface area contributed by atoms with Crippen LogP contribution >= 0.6 is 23.4 Å². The predicted molar refractivity (Wildman–Crippen MR) is 80.9 cm³/mol. The maximum absolute atomic E-state index is 12.8. The van der Waals surface area contributed by atoms with Gasteiger partial charge in [-0.2, -0.15) is 11.8 Å². The zero-order chi connectivity index (χ0) is 13.7. The number of hydrogen-bond donors (Lipinski definition) is 1. The van der Waals surface area contributed by atoms with Crippen molar-refractivity contribution < 1.29 is 4.39 Å². The van der Waals surface area contributed by atoms with Crippen LogP contribution in [0.1, 0.15) is 17.2 Å². The third-order valence-electron chi connectivity index (χ3n) is 2.78. The summed E-state index contributed by atoms with van der Waals surface area (Å²) in [6, 6.07) is 14.1. The Morgan fingerprint density at radius 2 is 1.68 bits per heavy atom. The molecule has 0 fully saturated rings. The summed E-state index contributed by atoms with van der Waals surface area (Å²) in [4.78, 5) is 0. The fraction of sp³-hybridized carbons (Fsp3) is 0.200. The van der Waals surface area contributed by atoms with E-state index in [0.29, 0.717) is 0 Å². The average molecular weight is 296 g/mol. The van der Waals surface area contributed by atoms with Gasteiger partial charge in [0.25, 0.3) is 0 Å². The molecule has 2 N–H and O–H groups in total. The van der Waals surface area contributed by atoms with Gasteiger partial charge >= 0.3 is 0 Å². The van der Waals surface area contributed by atoms with Crippen LogP contribution in [-0.2, 0) is 5.75 Å². The molecular weight excluding hydrogens is 281 g/mol. The lowest BCUT2D eigenvalue weighted by molar-refractivity contribution is 0.626. The van der Waals surface area contributed by atoms with E-state index in [-0.39, 0.29) is 11.9 Å². The van der Waals surface area contributed by atoms with Crippen molar-refractivity contribution in [2.24, 2.45) is 5.73 Å². The third-order valence-corrected chi connectivity index (χ3v) is 4.16. The predicted octanol–water partition coefficient (Wildman–Crippen LogP) is 4.41. The number of hydrogen-bond acceptors (Lipinski definition) is 2. The molecule has 100 valence electrons. The Bertz CT molecular complexity index is 513. The standard InChI is InChI=1S/C15H15ClFNS/c16-13-5-1-11(2-6-13)9-19-10-15(18)12-3-7-14(17)8-4-12/h1-8,15H,9-10,18H2. The minimum atomic E-state index is -0.232. The van der Waals surface area contributed by atoms with Crippen LogP contribution in [0.5, 0.6) is 0 Å². The molecule has 0 aromatic heterocycles. The van der Waals surface area contributed by atoms with Crippen molar-refractivity contribution >= 4 is 23.4 Å². The molecule has 0 bridgehead atoms. The topological polar surface area (TPSA) is 26.0 Å². The Morgan fingerprint density at radius 1 is 1.05 bits per heavy atom. The average Bonchev–Trinajstić information content (AvgIpc) is 2.41. The highest BCUT2D eigenvalue weighted by Crippen LogP contribution is 2.20. The first-order valence-electron chi connectivity index (χ1n) is 5.98. The van der Waals surface area contributed by atoms with E-state index in [1.54, 1.807) is 23.9 Å². The van der Waals surface area contributed by atoms with Crippen LogP contribution in [-0.4, -0.2) is 5.75 Å². The normalized spacial score (nSPS) is 12.4.